The van der Waals surface area contributed by atoms with E-state index in [1.54, 1.807) is 23.1 Å². The Morgan fingerprint density at radius 2 is 1.77 bits per heavy atom. The highest BCUT2D eigenvalue weighted by Gasteiger charge is 2.39. The molecule has 158 valence electrons. The minimum absolute atomic E-state index is 0.0609. The molecule has 0 spiro atoms. The molecule has 6 heteroatoms. The van der Waals surface area contributed by atoms with Crippen molar-refractivity contribution in [3.05, 3.63) is 95.3 Å². The number of aliphatic carboxylic acids is 1. The zero-order valence-corrected chi connectivity index (χ0v) is 17.0. The number of ether oxygens (including phenoxy) is 1. The molecule has 2 atom stereocenters. The summed E-state index contributed by atoms with van der Waals surface area (Å²) in [5.74, 6) is -1.29. The van der Waals surface area contributed by atoms with Gasteiger partial charge in [-0.3, -0.25) is 9.69 Å². The number of carbonyl (C=O) groups excluding carboxylic acids is 1. The highest BCUT2D eigenvalue weighted by Crippen LogP contribution is 2.35. The number of benzene rings is 3. The third kappa shape index (κ3) is 4.43. The van der Waals surface area contributed by atoms with Crippen molar-refractivity contribution in [3.8, 4) is 11.1 Å². The Morgan fingerprint density at radius 3 is 2.45 bits per heavy atom. The van der Waals surface area contributed by atoms with Crippen LogP contribution >= 0.6 is 0 Å². The summed E-state index contributed by atoms with van der Waals surface area (Å²) in [5, 5.41) is 8.95. The predicted octanol–water partition coefficient (Wildman–Crippen LogP) is 5.20. The normalized spacial score (nSPS) is 18.1. The Bertz CT molecular complexity index is 1100. The van der Waals surface area contributed by atoms with Gasteiger partial charge in [-0.25, -0.2) is 9.18 Å². The maximum Gasteiger partial charge on any atom is 0.411 e. The summed E-state index contributed by atoms with van der Waals surface area (Å²) in [4.78, 5) is 25.1. The molecule has 0 aromatic heterocycles. The Labute approximate surface area is 179 Å². The van der Waals surface area contributed by atoms with E-state index in [0.717, 1.165) is 16.7 Å². The fourth-order valence-corrected chi connectivity index (χ4v) is 3.94. The van der Waals surface area contributed by atoms with Gasteiger partial charge < -0.3 is 9.84 Å². The van der Waals surface area contributed by atoms with Gasteiger partial charge in [0.1, 0.15) is 11.9 Å². The number of halogens is 1. The SMILES string of the molecule is C[C@H]1[C@@H](c2ccccc2)OC(=O)N1Cc1cc(F)ccc1-c1ccc(CC(=O)O)cc1. The van der Waals surface area contributed by atoms with Crippen LogP contribution in [0.1, 0.15) is 29.7 Å². The van der Waals surface area contributed by atoms with E-state index in [0.29, 0.717) is 11.1 Å². The van der Waals surface area contributed by atoms with Crippen molar-refractivity contribution in [2.24, 2.45) is 0 Å². The molecule has 1 amide bonds. The van der Waals surface area contributed by atoms with E-state index in [4.69, 9.17) is 9.84 Å². The average Bonchev–Trinajstić information content (AvgIpc) is 3.03. The fourth-order valence-electron chi connectivity index (χ4n) is 3.94. The van der Waals surface area contributed by atoms with Crippen LogP contribution in [0.3, 0.4) is 0 Å². The first-order chi connectivity index (χ1) is 14.9. The van der Waals surface area contributed by atoms with Crippen molar-refractivity contribution < 1.29 is 23.8 Å². The van der Waals surface area contributed by atoms with Gasteiger partial charge in [-0.15, -0.1) is 0 Å². The molecule has 1 aliphatic heterocycles. The lowest BCUT2D eigenvalue weighted by Crippen LogP contribution is -2.31. The van der Waals surface area contributed by atoms with Crippen LogP contribution in [-0.2, 0) is 22.5 Å². The van der Waals surface area contributed by atoms with Gasteiger partial charge >= 0.3 is 12.1 Å². The van der Waals surface area contributed by atoms with Gasteiger partial charge in [0.05, 0.1) is 19.0 Å². The second kappa shape index (κ2) is 8.60. The van der Waals surface area contributed by atoms with Crippen molar-refractivity contribution in [1.82, 2.24) is 4.90 Å². The van der Waals surface area contributed by atoms with Crippen LogP contribution < -0.4 is 0 Å². The zero-order valence-electron chi connectivity index (χ0n) is 17.0. The lowest BCUT2D eigenvalue weighted by atomic mass is 9.97. The van der Waals surface area contributed by atoms with Crippen LogP contribution in [0.5, 0.6) is 0 Å². The molecule has 1 heterocycles. The molecule has 4 rings (SSSR count). The Hall–Kier alpha value is -3.67. The van der Waals surface area contributed by atoms with Crippen molar-refractivity contribution in [1.29, 1.82) is 0 Å². The topological polar surface area (TPSA) is 66.8 Å². The molecule has 3 aromatic carbocycles. The Morgan fingerprint density at radius 1 is 1.06 bits per heavy atom. The summed E-state index contributed by atoms with van der Waals surface area (Å²) in [6.07, 6.45) is -0.886. The number of carboxylic acid groups (broad SMARTS) is 1. The molecule has 31 heavy (non-hydrogen) atoms. The third-order valence-corrected chi connectivity index (χ3v) is 5.55. The number of carboxylic acids is 1. The zero-order chi connectivity index (χ0) is 22.0. The van der Waals surface area contributed by atoms with Crippen LogP contribution in [0, 0.1) is 5.82 Å². The first kappa shape index (κ1) is 20.6. The van der Waals surface area contributed by atoms with Crippen LogP contribution in [0.2, 0.25) is 0 Å². The van der Waals surface area contributed by atoms with Crippen molar-refractivity contribution >= 4 is 12.1 Å². The lowest BCUT2D eigenvalue weighted by molar-refractivity contribution is -0.136. The Balaban J connectivity index is 1.61. The van der Waals surface area contributed by atoms with E-state index in [-0.39, 0.29) is 30.9 Å². The molecule has 0 aliphatic carbocycles. The van der Waals surface area contributed by atoms with Gasteiger partial charge in [0.25, 0.3) is 0 Å². The van der Waals surface area contributed by atoms with E-state index < -0.39 is 12.1 Å². The van der Waals surface area contributed by atoms with E-state index in [2.05, 4.69) is 0 Å². The maximum atomic E-state index is 14.1. The molecular weight excluding hydrogens is 397 g/mol. The molecular formula is C25H22FNO4. The number of hydrogen-bond donors (Lipinski definition) is 1. The van der Waals surface area contributed by atoms with Gasteiger partial charge in [0.15, 0.2) is 0 Å². The first-order valence-electron chi connectivity index (χ1n) is 10.0. The molecule has 5 nitrogen and oxygen atoms in total. The summed E-state index contributed by atoms with van der Waals surface area (Å²) in [5.41, 5.74) is 3.86. The molecule has 0 radical (unpaired) electrons. The highest BCUT2D eigenvalue weighted by molar-refractivity contribution is 5.74. The summed E-state index contributed by atoms with van der Waals surface area (Å²) in [7, 11) is 0. The summed E-state index contributed by atoms with van der Waals surface area (Å²) < 4.78 is 19.7. The van der Waals surface area contributed by atoms with E-state index in [1.165, 1.54) is 12.1 Å². The van der Waals surface area contributed by atoms with Crippen molar-refractivity contribution in [2.45, 2.75) is 32.0 Å². The summed E-state index contributed by atoms with van der Waals surface area (Å²) >= 11 is 0. The molecule has 1 saturated heterocycles. The number of nitrogens with zero attached hydrogens (tertiary/aromatic N) is 1. The van der Waals surface area contributed by atoms with Crippen LogP contribution in [-0.4, -0.2) is 28.1 Å². The molecule has 3 aromatic rings. The number of carbonyl (C=O) groups is 2. The molecule has 1 N–H and O–H groups in total. The molecule has 1 fully saturated rings. The number of cyclic esters (lactones) is 1. The van der Waals surface area contributed by atoms with Crippen molar-refractivity contribution in [3.63, 3.8) is 0 Å². The monoisotopic (exact) mass is 419 g/mol. The predicted molar refractivity (Wildman–Crippen MR) is 114 cm³/mol. The fraction of sp³-hybridized carbons (Fsp3) is 0.200. The Kier molecular flexibility index (Phi) is 5.71. The largest absolute Gasteiger partial charge is 0.481 e. The van der Waals surface area contributed by atoms with Crippen LogP contribution in [0.4, 0.5) is 9.18 Å². The third-order valence-electron chi connectivity index (χ3n) is 5.55. The molecule has 0 saturated carbocycles. The lowest BCUT2D eigenvalue weighted by Gasteiger charge is -2.22. The van der Waals surface area contributed by atoms with Gasteiger partial charge in [-0.1, -0.05) is 60.7 Å². The maximum absolute atomic E-state index is 14.1. The van der Waals surface area contributed by atoms with Gasteiger partial charge in [0, 0.05) is 0 Å². The van der Waals surface area contributed by atoms with Gasteiger partial charge in [-0.05, 0) is 46.9 Å². The smallest absolute Gasteiger partial charge is 0.411 e. The second-order valence-electron chi connectivity index (χ2n) is 7.65. The minimum atomic E-state index is -0.898. The quantitative estimate of drug-likeness (QED) is 0.596. The van der Waals surface area contributed by atoms with Crippen LogP contribution in [0.25, 0.3) is 11.1 Å². The molecule has 0 bridgehead atoms. The second-order valence-corrected chi connectivity index (χ2v) is 7.65. The van der Waals surface area contributed by atoms with E-state index in [1.807, 2.05) is 49.4 Å². The van der Waals surface area contributed by atoms with Gasteiger partial charge in [-0.2, -0.15) is 0 Å². The number of amides is 1. The molecule has 0 unspecified atom stereocenters. The average molecular weight is 419 g/mol. The minimum Gasteiger partial charge on any atom is -0.481 e. The summed E-state index contributed by atoms with van der Waals surface area (Å²) in [6.45, 7) is 2.12. The van der Waals surface area contributed by atoms with Crippen molar-refractivity contribution in [2.75, 3.05) is 0 Å². The standard InChI is InChI=1S/C25H22FNO4/c1-16-24(19-5-3-2-4-6-19)31-25(30)27(16)15-20-14-21(26)11-12-22(20)18-9-7-17(8-10-18)13-23(28)29/h2-12,14,16,24H,13,15H2,1H3,(H,28,29)/t16-,24-/m0/s1. The summed E-state index contributed by atoms with van der Waals surface area (Å²) in [6, 6.07) is 20.9. The van der Waals surface area contributed by atoms with Crippen LogP contribution in [0.15, 0.2) is 72.8 Å². The van der Waals surface area contributed by atoms with E-state index in [9.17, 15) is 14.0 Å². The first-order valence-corrected chi connectivity index (χ1v) is 10.0. The van der Waals surface area contributed by atoms with E-state index >= 15 is 0 Å². The highest BCUT2D eigenvalue weighted by atomic mass is 19.1. The number of hydrogen-bond acceptors (Lipinski definition) is 3. The molecule has 1 aliphatic rings. The van der Waals surface area contributed by atoms with Gasteiger partial charge in [0.2, 0.25) is 0 Å². The number of rotatable bonds is 6.